The van der Waals surface area contributed by atoms with Crippen LogP contribution in [0.3, 0.4) is 0 Å². The molecule has 1 unspecified atom stereocenters. The standard InChI is InChI=1S/C36H53NO8/c1-8-9-10-11-12-13-14-15-16-17-18-27(45-28-19-22-33(44-26(4)38)31(24-28)36(5,6)7)23-30-29(35(39)40)20-21-32(37(41)42)34(30)43-25(2)3/h19-22,24-25,27H,8-18,23H2,1-7H3,(H,39,40)/p-1. The number of ether oxygens (including phenoxy) is 3. The van der Waals surface area contributed by atoms with Crippen LogP contribution in [0.15, 0.2) is 30.3 Å². The first-order valence-corrected chi connectivity index (χ1v) is 16.4. The van der Waals surface area contributed by atoms with E-state index >= 15 is 0 Å². The number of carboxylic acids is 1. The zero-order chi connectivity index (χ0) is 33.6. The third kappa shape index (κ3) is 12.7. The lowest BCUT2D eigenvalue weighted by Gasteiger charge is -2.26. The molecule has 1 atom stereocenters. The second kappa shape index (κ2) is 18.4. The molecule has 0 saturated heterocycles. The Labute approximate surface area is 268 Å². The van der Waals surface area contributed by atoms with Gasteiger partial charge in [0.25, 0.3) is 0 Å². The molecular weight excluding hydrogens is 574 g/mol. The molecule has 0 N–H and O–H groups in total. The molecule has 0 amide bonds. The molecule has 2 aromatic carbocycles. The van der Waals surface area contributed by atoms with E-state index in [0.29, 0.717) is 17.9 Å². The molecule has 0 aliphatic rings. The number of aromatic carboxylic acids is 1. The van der Waals surface area contributed by atoms with Gasteiger partial charge in [-0.3, -0.25) is 14.9 Å². The zero-order valence-corrected chi connectivity index (χ0v) is 28.2. The van der Waals surface area contributed by atoms with Gasteiger partial charge in [0.1, 0.15) is 17.6 Å². The SMILES string of the molecule is CCCCCCCCCCCCC(Cc1c(C(=O)[O-])ccc([N+](=O)[O-])c1OC(C)C)Oc1ccc(OC(C)=O)c(C(C)(C)C)c1. The van der Waals surface area contributed by atoms with Crippen LogP contribution in [-0.2, 0) is 16.6 Å². The van der Waals surface area contributed by atoms with Crippen molar-refractivity contribution in [2.24, 2.45) is 0 Å². The Balaban J connectivity index is 2.38. The lowest BCUT2D eigenvalue weighted by molar-refractivity contribution is -0.386. The second-order valence-electron chi connectivity index (χ2n) is 13.1. The number of carboxylic acid groups (broad SMARTS) is 1. The molecule has 0 fully saturated rings. The number of carbonyl (C=O) groups is 2. The summed E-state index contributed by atoms with van der Waals surface area (Å²) in [5.41, 5.74) is 0.136. The Kier molecular flexibility index (Phi) is 15.3. The monoisotopic (exact) mass is 626 g/mol. The van der Waals surface area contributed by atoms with Crippen LogP contribution in [0.2, 0.25) is 0 Å². The highest BCUT2D eigenvalue weighted by Crippen LogP contribution is 2.38. The van der Waals surface area contributed by atoms with Gasteiger partial charge in [-0.05, 0) is 56.4 Å². The number of nitro benzene ring substituents is 1. The molecule has 0 aromatic heterocycles. The van der Waals surface area contributed by atoms with Crippen molar-refractivity contribution in [1.29, 1.82) is 0 Å². The van der Waals surface area contributed by atoms with E-state index in [2.05, 4.69) is 6.92 Å². The minimum Gasteiger partial charge on any atom is -0.545 e. The Hall–Kier alpha value is -3.62. The van der Waals surface area contributed by atoms with Gasteiger partial charge >= 0.3 is 11.7 Å². The van der Waals surface area contributed by atoms with E-state index in [1.165, 1.54) is 51.5 Å². The summed E-state index contributed by atoms with van der Waals surface area (Å²) in [6.07, 6.45) is 11.4. The molecule has 9 heteroatoms. The van der Waals surface area contributed by atoms with Crippen LogP contribution in [0, 0.1) is 10.1 Å². The van der Waals surface area contributed by atoms with Crippen molar-refractivity contribution in [2.75, 3.05) is 0 Å². The van der Waals surface area contributed by atoms with Crippen molar-refractivity contribution in [3.05, 3.63) is 57.1 Å². The molecule has 2 aromatic rings. The molecule has 0 radical (unpaired) electrons. The second-order valence-corrected chi connectivity index (χ2v) is 13.1. The number of esters is 1. The van der Waals surface area contributed by atoms with Crippen molar-refractivity contribution < 1.29 is 33.8 Å². The summed E-state index contributed by atoms with van der Waals surface area (Å²) in [4.78, 5) is 35.3. The van der Waals surface area contributed by atoms with Gasteiger partial charge in [0.2, 0.25) is 5.75 Å². The van der Waals surface area contributed by atoms with Gasteiger partial charge in [0, 0.05) is 36.1 Å². The first-order chi connectivity index (χ1) is 21.2. The summed E-state index contributed by atoms with van der Waals surface area (Å²) in [6.45, 7) is 13.0. The van der Waals surface area contributed by atoms with Gasteiger partial charge < -0.3 is 24.1 Å². The number of hydrogen-bond donors (Lipinski definition) is 0. The molecule has 9 nitrogen and oxygen atoms in total. The van der Waals surface area contributed by atoms with Crippen LogP contribution in [0.25, 0.3) is 0 Å². The smallest absolute Gasteiger partial charge is 0.311 e. The Bertz CT molecular complexity index is 1260. The fourth-order valence-electron chi connectivity index (χ4n) is 5.41. The minimum atomic E-state index is -1.44. The molecule has 0 aliphatic carbocycles. The van der Waals surface area contributed by atoms with E-state index in [4.69, 9.17) is 14.2 Å². The van der Waals surface area contributed by atoms with Crippen molar-refractivity contribution in [2.45, 2.75) is 143 Å². The van der Waals surface area contributed by atoms with Crippen molar-refractivity contribution in [1.82, 2.24) is 0 Å². The Morgan fingerprint density at radius 1 is 0.889 bits per heavy atom. The van der Waals surface area contributed by atoms with Gasteiger partial charge in [-0.1, -0.05) is 85.5 Å². The summed E-state index contributed by atoms with van der Waals surface area (Å²) >= 11 is 0. The molecule has 0 spiro atoms. The van der Waals surface area contributed by atoms with E-state index in [9.17, 15) is 24.8 Å². The fraction of sp³-hybridized carbons (Fsp3) is 0.611. The number of benzene rings is 2. The summed E-state index contributed by atoms with van der Waals surface area (Å²) in [7, 11) is 0. The number of nitrogens with zero attached hydrogens (tertiary/aromatic N) is 1. The number of rotatable bonds is 20. The highest BCUT2D eigenvalue weighted by molar-refractivity contribution is 5.89. The average molecular weight is 627 g/mol. The van der Waals surface area contributed by atoms with E-state index in [0.717, 1.165) is 37.3 Å². The fourth-order valence-corrected chi connectivity index (χ4v) is 5.41. The van der Waals surface area contributed by atoms with E-state index in [1.807, 2.05) is 26.8 Å². The summed E-state index contributed by atoms with van der Waals surface area (Å²) in [5.74, 6) is -0.967. The van der Waals surface area contributed by atoms with Gasteiger partial charge in [0.05, 0.1) is 17.0 Å². The molecular formula is C36H52NO8-. The maximum Gasteiger partial charge on any atom is 0.311 e. The molecule has 2 rings (SSSR count). The minimum absolute atomic E-state index is 0.0705. The van der Waals surface area contributed by atoms with E-state index in [-0.39, 0.29) is 34.4 Å². The lowest BCUT2D eigenvalue weighted by Crippen LogP contribution is -2.28. The van der Waals surface area contributed by atoms with Gasteiger partial charge in [-0.2, -0.15) is 0 Å². The summed E-state index contributed by atoms with van der Waals surface area (Å²) in [6, 6.07) is 7.61. The van der Waals surface area contributed by atoms with E-state index < -0.39 is 29.1 Å². The quantitative estimate of drug-likeness (QED) is 0.0472. The van der Waals surface area contributed by atoms with Crippen molar-refractivity contribution in [3.63, 3.8) is 0 Å². The van der Waals surface area contributed by atoms with Crippen LogP contribution in [0.1, 0.15) is 141 Å². The third-order valence-corrected chi connectivity index (χ3v) is 7.64. The number of carbonyl (C=O) groups excluding carboxylic acids is 2. The van der Waals surface area contributed by atoms with E-state index in [1.54, 1.807) is 26.0 Å². The van der Waals surface area contributed by atoms with Crippen LogP contribution >= 0.6 is 0 Å². The maximum absolute atomic E-state index is 12.2. The van der Waals surface area contributed by atoms with Crippen molar-refractivity contribution >= 4 is 17.6 Å². The number of hydrogen-bond acceptors (Lipinski definition) is 8. The number of nitro groups is 1. The van der Waals surface area contributed by atoms with Gasteiger partial charge in [0.15, 0.2) is 0 Å². The molecule has 0 bridgehead atoms. The van der Waals surface area contributed by atoms with Crippen LogP contribution in [0.4, 0.5) is 5.69 Å². The van der Waals surface area contributed by atoms with Crippen LogP contribution < -0.4 is 19.3 Å². The molecule has 45 heavy (non-hydrogen) atoms. The Morgan fingerprint density at radius 3 is 2.00 bits per heavy atom. The molecule has 0 saturated carbocycles. The normalized spacial score (nSPS) is 12.2. The summed E-state index contributed by atoms with van der Waals surface area (Å²) in [5, 5.41) is 24.1. The predicted molar refractivity (Wildman–Crippen MR) is 174 cm³/mol. The molecule has 0 aliphatic heterocycles. The highest BCUT2D eigenvalue weighted by atomic mass is 16.6. The lowest BCUT2D eigenvalue weighted by atomic mass is 9.86. The summed E-state index contributed by atoms with van der Waals surface area (Å²) < 4.78 is 17.8. The van der Waals surface area contributed by atoms with Gasteiger partial charge in [-0.25, -0.2) is 0 Å². The predicted octanol–water partition coefficient (Wildman–Crippen LogP) is 8.27. The van der Waals surface area contributed by atoms with Crippen molar-refractivity contribution in [3.8, 4) is 17.2 Å². The first kappa shape index (κ1) is 37.6. The first-order valence-electron chi connectivity index (χ1n) is 16.4. The topological polar surface area (TPSA) is 128 Å². The molecule has 250 valence electrons. The molecule has 0 heterocycles. The third-order valence-electron chi connectivity index (χ3n) is 7.64. The van der Waals surface area contributed by atoms with Crippen LogP contribution in [0.5, 0.6) is 17.2 Å². The Morgan fingerprint density at radius 2 is 1.49 bits per heavy atom. The number of unbranched alkanes of at least 4 members (excludes halogenated alkanes) is 9. The van der Waals surface area contributed by atoms with Crippen LogP contribution in [-0.4, -0.2) is 29.1 Å². The largest absolute Gasteiger partial charge is 0.545 e. The van der Waals surface area contributed by atoms with Gasteiger partial charge in [-0.15, -0.1) is 0 Å². The zero-order valence-electron chi connectivity index (χ0n) is 28.2. The highest BCUT2D eigenvalue weighted by Gasteiger charge is 2.27. The maximum atomic E-state index is 12.2. The average Bonchev–Trinajstić information content (AvgIpc) is 2.94.